The zero-order valence-electron chi connectivity index (χ0n) is 4.05. The molecule has 0 spiro atoms. The smallest absolute Gasteiger partial charge is 0.102 e. The Morgan fingerprint density at radius 1 is 1.57 bits per heavy atom. The van der Waals surface area contributed by atoms with Gasteiger partial charge in [0, 0.05) is 5.33 Å². The summed E-state index contributed by atoms with van der Waals surface area (Å²) in [6.07, 6.45) is 0.788. The molecule has 0 nitrogen and oxygen atoms in total. The second-order valence-corrected chi connectivity index (χ2v) is 4.16. The fourth-order valence-electron chi connectivity index (χ4n) is 0.166. The van der Waals surface area contributed by atoms with Crippen molar-refractivity contribution >= 4 is 39.1 Å². The van der Waals surface area contributed by atoms with Crippen molar-refractivity contribution in [3.63, 3.8) is 0 Å². The fourth-order valence-corrected chi connectivity index (χ4v) is 1.60. The minimum Gasteiger partial charge on any atom is -0.102 e. The number of rotatable bonds is 2. The average Bonchev–Trinajstić information content (AvgIpc) is 1.30. The van der Waals surface area contributed by atoms with Crippen LogP contribution in [0.25, 0.3) is 0 Å². The number of alkyl halides is 3. The molecule has 44 valence electrons. The molecule has 0 aliphatic rings. The molecule has 0 atom stereocenters. The Morgan fingerprint density at radius 3 is 2.00 bits per heavy atom. The van der Waals surface area contributed by atoms with Gasteiger partial charge >= 0.3 is 0 Å². The first-order valence-electron chi connectivity index (χ1n) is 2.00. The van der Waals surface area contributed by atoms with Gasteiger partial charge in [-0.3, -0.25) is 0 Å². The lowest BCUT2D eigenvalue weighted by atomic mass is 10.4. The summed E-state index contributed by atoms with van der Waals surface area (Å²) in [7, 11) is 0. The number of hydrogen-bond acceptors (Lipinski definition) is 0. The topological polar surface area (TPSA) is 0 Å². The molecule has 0 amide bonds. The van der Waals surface area contributed by atoms with Crippen LogP contribution in [0, 0.1) is 0 Å². The van der Waals surface area contributed by atoms with Gasteiger partial charge in [-0.05, 0) is 13.3 Å². The minimum absolute atomic E-state index is 0.552. The fraction of sp³-hybridized carbons (Fsp3) is 1.00. The van der Waals surface area contributed by atoms with Crippen LogP contribution in [0.3, 0.4) is 0 Å². The molecule has 0 bridgehead atoms. The van der Waals surface area contributed by atoms with E-state index in [1.807, 2.05) is 0 Å². The van der Waals surface area contributed by atoms with E-state index in [1.165, 1.54) is 0 Å². The normalized spacial score (nSPS) is 12.0. The summed E-state index contributed by atoms with van der Waals surface area (Å²) in [6.45, 7) is 1.78. The summed E-state index contributed by atoms with van der Waals surface area (Å²) in [5.41, 5.74) is 0. The van der Waals surface area contributed by atoms with Gasteiger partial charge in [0.05, 0.1) is 0 Å². The van der Waals surface area contributed by atoms with Crippen molar-refractivity contribution in [1.82, 2.24) is 0 Å². The van der Waals surface area contributed by atoms with Gasteiger partial charge < -0.3 is 0 Å². The molecule has 7 heavy (non-hydrogen) atoms. The molecular formula is C4H7BrCl2. The summed E-state index contributed by atoms with van der Waals surface area (Å²) in [5, 5.41) is 0.858. The van der Waals surface area contributed by atoms with E-state index in [2.05, 4.69) is 15.9 Å². The molecule has 0 aromatic rings. The molecule has 0 heterocycles. The molecule has 0 radical (unpaired) electrons. The highest BCUT2D eigenvalue weighted by atomic mass is 79.9. The van der Waals surface area contributed by atoms with Crippen LogP contribution in [0.2, 0.25) is 0 Å². The average molecular weight is 206 g/mol. The predicted molar refractivity (Wildman–Crippen MR) is 38.5 cm³/mol. The quantitative estimate of drug-likeness (QED) is 0.609. The van der Waals surface area contributed by atoms with E-state index in [1.54, 1.807) is 6.92 Å². The summed E-state index contributed by atoms with van der Waals surface area (Å²) in [5.74, 6) is 0. The summed E-state index contributed by atoms with van der Waals surface area (Å²) < 4.78 is -0.552. The van der Waals surface area contributed by atoms with Crippen LogP contribution in [0.15, 0.2) is 0 Å². The van der Waals surface area contributed by atoms with Crippen LogP contribution in [0.4, 0.5) is 0 Å². The molecule has 3 heteroatoms. The van der Waals surface area contributed by atoms with E-state index in [-0.39, 0.29) is 0 Å². The van der Waals surface area contributed by atoms with Crippen molar-refractivity contribution in [3.8, 4) is 0 Å². The maximum Gasteiger partial charge on any atom is 0.116 e. The minimum atomic E-state index is -0.552. The largest absolute Gasteiger partial charge is 0.116 e. The van der Waals surface area contributed by atoms with Gasteiger partial charge in [0.15, 0.2) is 0 Å². The van der Waals surface area contributed by atoms with Crippen molar-refractivity contribution in [2.45, 2.75) is 17.7 Å². The van der Waals surface area contributed by atoms with E-state index in [0.29, 0.717) is 0 Å². The zero-order chi connectivity index (χ0) is 5.91. The Kier molecular flexibility index (Phi) is 3.64. The Balaban J connectivity index is 3.15. The first-order chi connectivity index (χ1) is 3.06. The van der Waals surface area contributed by atoms with Crippen molar-refractivity contribution in [1.29, 1.82) is 0 Å². The monoisotopic (exact) mass is 204 g/mol. The van der Waals surface area contributed by atoms with E-state index in [0.717, 1.165) is 11.8 Å². The highest BCUT2D eigenvalue weighted by molar-refractivity contribution is 9.09. The third kappa shape index (κ3) is 7.06. The van der Waals surface area contributed by atoms with Crippen molar-refractivity contribution in [2.24, 2.45) is 0 Å². The standard InChI is InChI=1S/C4H7BrCl2/c1-4(6,7)2-3-5/h2-3H2,1H3. The molecular weight excluding hydrogens is 199 g/mol. The molecule has 0 saturated carbocycles. The molecule has 0 unspecified atom stereocenters. The molecule has 0 aromatic carbocycles. The van der Waals surface area contributed by atoms with Gasteiger partial charge in [-0.1, -0.05) is 15.9 Å². The van der Waals surface area contributed by atoms with Gasteiger partial charge in [-0.2, -0.15) is 0 Å². The highest BCUT2D eigenvalue weighted by Crippen LogP contribution is 2.24. The maximum absolute atomic E-state index is 5.57. The van der Waals surface area contributed by atoms with Gasteiger partial charge in [0.25, 0.3) is 0 Å². The lowest BCUT2D eigenvalue weighted by Gasteiger charge is -2.08. The van der Waals surface area contributed by atoms with Gasteiger partial charge in [0.2, 0.25) is 0 Å². The van der Waals surface area contributed by atoms with Crippen LogP contribution in [-0.4, -0.2) is 9.66 Å². The molecule has 0 aliphatic heterocycles. The molecule has 0 N–H and O–H groups in total. The van der Waals surface area contributed by atoms with Gasteiger partial charge in [0.1, 0.15) is 4.33 Å². The van der Waals surface area contributed by atoms with Crippen LogP contribution < -0.4 is 0 Å². The van der Waals surface area contributed by atoms with Crippen molar-refractivity contribution in [3.05, 3.63) is 0 Å². The summed E-state index contributed by atoms with van der Waals surface area (Å²) >= 11 is 14.4. The van der Waals surface area contributed by atoms with Crippen molar-refractivity contribution in [2.75, 3.05) is 5.33 Å². The first kappa shape index (κ1) is 8.06. The zero-order valence-corrected chi connectivity index (χ0v) is 7.15. The Morgan fingerprint density at radius 2 is 2.00 bits per heavy atom. The molecule has 0 aliphatic carbocycles. The summed E-state index contributed by atoms with van der Waals surface area (Å²) in [6, 6.07) is 0. The third-order valence-corrected chi connectivity index (χ3v) is 1.31. The summed E-state index contributed by atoms with van der Waals surface area (Å²) in [4.78, 5) is 0. The Bertz CT molecular complexity index is 48.1. The third-order valence-electron chi connectivity index (χ3n) is 0.533. The second-order valence-electron chi connectivity index (χ2n) is 1.51. The Labute approximate surface area is 62.3 Å². The first-order valence-corrected chi connectivity index (χ1v) is 3.88. The van der Waals surface area contributed by atoms with E-state index in [4.69, 9.17) is 23.2 Å². The number of halogens is 3. The molecule has 0 aromatic heterocycles. The molecule has 0 rings (SSSR count). The van der Waals surface area contributed by atoms with Crippen molar-refractivity contribution < 1.29 is 0 Å². The number of hydrogen-bond donors (Lipinski definition) is 0. The van der Waals surface area contributed by atoms with Gasteiger partial charge in [-0.25, -0.2) is 0 Å². The van der Waals surface area contributed by atoms with Crippen LogP contribution in [-0.2, 0) is 0 Å². The maximum atomic E-state index is 5.57. The lowest BCUT2D eigenvalue weighted by Crippen LogP contribution is -2.05. The van der Waals surface area contributed by atoms with Crippen LogP contribution in [0.5, 0.6) is 0 Å². The van der Waals surface area contributed by atoms with Crippen LogP contribution in [0.1, 0.15) is 13.3 Å². The van der Waals surface area contributed by atoms with Crippen LogP contribution >= 0.6 is 39.1 Å². The molecule has 0 saturated heterocycles. The SMILES string of the molecule is CC(Cl)(Cl)CCBr. The van der Waals surface area contributed by atoms with E-state index >= 15 is 0 Å². The Hall–Kier alpha value is 1.06. The predicted octanol–water partition coefficient (Wildman–Crippen LogP) is 2.97. The van der Waals surface area contributed by atoms with E-state index in [9.17, 15) is 0 Å². The lowest BCUT2D eigenvalue weighted by molar-refractivity contribution is 0.835. The molecule has 0 fully saturated rings. The highest BCUT2D eigenvalue weighted by Gasteiger charge is 2.13. The van der Waals surface area contributed by atoms with E-state index < -0.39 is 4.33 Å². The second kappa shape index (κ2) is 3.16. The van der Waals surface area contributed by atoms with Gasteiger partial charge in [-0.15, -0.1) is 23.2 Å².